The van der Waals surface area contributed by atoms with Gasteiger partial charge in [0.1, 0.15) is 0 Å². The van der Waals surface area contributed by atoms with Gasteiger partial charge < -0.3 is 9.47 Å². The second-order valence-corrected chi connectivity index (χ2v) is 5.82. The molecule has 132 valence electrons. The molecule has 0 spiro atoms. The maximum atomic E-state index is 11.8. The third-order valence-electron chi connectivity index (χ3n) is 3.44. The van der Waals surface area contributed by atoms with Crippen LogP contribution in [0.15, 0.2) is 48.5 Å². The Morgan fingerprint density at radius 2 is 1.04 bits per heavy atom. The molecule has 0 fully saturated rings. The standard InChI is InChI=1S/C19H18Cl2O4/c20-12-14-2-6-16(7-3-14)18(22)24-10-1-11-25-19(23)17-8-4-15(13-21)5-9-17/h2-9H,1,10-13H2. The van der Waals surface area contributed by atoms with Gasteiger partial charge in [-0.2, -0.15) is 0 Å². The van der Waals surface area contributed by atoms with Gasteiger partial charge in [0.2, 0.25) is 0 Å². The maximum absolute atomic E-state index is 11.8. The topological polar surface area (TPSA) is 52.6 Å². The average Bonchev–Trinajstić information content (AvgIpc) is 2.67. The fourth-order valence-electron chi connectivity index (χ4n) is 2.02. The molecule has 0 radical (unpaired) electrons. The summed E-state index contributed by atoms with van der Waals surface area (Å²) in [6, 6.07) is 13.8. The van der Waals surface area contributed by atoms with Gasteiger partial charge in [0.25, 0.3) is 0 Å². The van der Waals surface area contributed by atoms with Crippen molar-refractivity contribution < 1.29 is 19.1 Å². The van der Waals surface area contributed by atoms with Crippen LogP contribution in [-0.2, 0) is 21.2 Å². The van der Waals surface area contributed by atoms with Crippen LogP contribution in [-0.4, -0.2) is 25.2 Å². The number of esters is 2. The van der Waals surface area contributed by atoms with Crippen LogP contribution >= 0.6 is 23.2 Å². The highest BCUT2D eigenvalue weighted by Gasteiger charge is 2.09. The molecule has 2 aromatic rings. The minimum Gasteiger partial charge on any atom is -0.462 e. The molecule has 0 aliphatic heterocycles. The van der Waals surface area contributed by atoms with Crippen molar-refractivity contribution in [2.45, 2.75) is 18.2 Å². The first kappa shape index (κ1) is 19.3. The summed E-state index contributed by atoms with van der Waals surface area (Å²) < 4.78 is 10.3. The number of carbonyl (C=O) groups is 2. The molecular formula is C19H18Cl2O4. The first-order valence-corrected chi connectivity index (χ1v) is 8.85. The predicted octanol–water partition coefficient (Wildman–Crippen LogP) is 4.57. The van der Waals surface area contributed by atoms with Crippen molar-refractivity contribution in [3.05, 3.63) is 70.8 Å². The van der Waals surface area contributed by atoms with E-state index < -0.39 is 11.9 Å². The summed E-state index contributed by atoms with van der Waals surface area (Å²) in [5, 5.41) is 0. The summed E-state index contributed by atoms with van der Waals surface area (Å²) in [6.07, 6.45) is 0.428. The molecule has 6 heteroatoms. The smallest absolute Gasteiger partial charge is 0.338 e. The molecule has 0 heterocycles. The van der Waals surface area contributed by atoms with Crippen molar-refractivity contribution in [1.82, 2.24) is 0 Å². The molecule has 0 aromatic heterocycles. The van der Waals surface area contributed by atoms with Gasteiger partial charge >= 0.3 is 11.9 Å². The van der Waals surface area contributed by atoms with Crippen LogP contribution in [0, 0.1) is 0 Å². The lowest BCUT2D eigenvalue weighted by atomic mass is 10.1. The van der Waals surface area contributed by atoms with Crippen LogP contribution in [0.2, 0.25) is 0 Å². The summed E-state index contributed by atoms with van der Waals surface area (Å²) >= 11 is 11.4. The fourth-order valence-corrected chi connectivity index (χ4v) is 2.37. The van der Waals surface area contributed by atoms with Crippen LogP contribution in [0.1, 0.15) is 38.3 Å². The molecule has 4 nitrogen and oxygen atoms in total. The van der Waals surface area contributed by atoms with E-state index in [1.807, 2.05) is 0 Å². The van der Waals surface area contributed by atoms with Crippen LogP contribution in [0.25, 0.3) is 0 Å². The largest absolute Gasteiger partial charge is 0.462 e. The van der Waals surface area contributed by atoms with Gasteiger partial charge in [-0.15, -0.1) is 23.2 Å². The Labute approximate surface area is 156 Å². The number of hydrogen-bond donors (Lipinski definition) is 0. The molecule has 0 amide bonds. The number of carbonyl (C=O) groups excluding carboxylic acids is 2. The number of rotatable bonds is 8. The van der Waals surface area contributed by atoms with Crippen LogP contribution in [0.3, 0.4) is 0 Å². The van der Waals surface area contributed by atoms with Crippen molar-refractivity contribution in [3.63, 3.8) is 0 Å². The zero-order valence-corrected chi connectivity index (χ0v) is 15.1. The van der Waals surface area contributed by atoms with Crippen molar-refractivity contribution in [1.29, 1.82) is 0 Å². The van der Waals surface area contributed by atoms with E-state index in [1.165, 1.54) is 0 Å². The molecule has 0 saturated heterocycles. The van der Waals surface area contributed by atoms with E-state index in [-0.39, 0.29) is 13.2 Å². The summed E-state index contributed by atoms with van der Waals surface area (Å²) in [5.41, 5.74) is 2.80. The lowest BCUT2D eigenvalue weighted by Crippen LogP contribution is -2.11. The second kappa shape index (κ2) is 10.1. The van der Waals surface area contributed by atoms with Gasteiger partial charge in [0.05, 0.1) is 24.3 Å². The molecular weight excluding hydrogens is 363 g/mol. The summed E-state index contributed by atoms with van der Waals surface area (Å²) in [6.45, 7) is 0.350. The SMILES string of the molecule is O=C(OCCCOC(=O)c1ccc(CCl)cc1)c1ccc(CCl)cc1. The quantitative estimate of drug-likeness (QED) is 0.382. The summed E-state index contributed by atoms with van der Waals surface area (Å²) in [4.78, 5) is 23.7. The highest BCUT2D eigenvalue weighted by atomic mass is 35.5. The predicted molar refractivity (Wildman–Crippen MR) is 97.2 cm³/mol. The highest BCUT2D eigenvalue weighted by Crippen LogP contribution is 2.09. The lowest BCUT2D eigenvalue weighted by Gasteiger charge is -2.07. The molecule has 0 unspecified atom stereocenters. The molecule has 2 aromatic carbocycles. The Balaban J connectivity index is 1.68. The van der Waals surface area contributed by atoms with Gasteiger partial charge in [-0.25, -0.2) is 9.59 Å². The molecule has 0 atom stereocenters. The van der Waals surface area contributed by atoms with Crippen molar-refractivity contribution in [2.75, 3.05) is 13.2 Å². The Morgan fingerprint density at radius 3 is 1.36 bits per heavy atom. The minimum atomic E-state index is -0.413. The summed E-state index contributed by atoms with van der Waals surface area (Å²) in [5.74, 6) is -0.0295. The number of benzene rings is 2. The Morgan fingerprint density at radius 1 is 0.680 bits per heavy atom. The zero-order valence-electron chi connectivity index (χ0n) is 13.5. The monoisotopic (exact) mass is 380 g/mol. The summed E-state index contributed by atoms with van der Waals surface area (Å²) in [7, 11) is 0. The van der Waals surface area contributed by atoms with E-state index in [9.17, 15) is 9.59 Å². The molecule has 25 heavy (non-hydrogen) atoms. The van der Waals surface area contributed by atoms with E-state index in [1.54, 1.807) is 48.5 Å². The number of hydrogen-bond acceptors (Lipinski definition) is 4. The first-order valence-electron chi connectivity index (χ1n) is 7.78. The normalized spacial score (nSPS) is 10.3. The molecule has 0 N–H and O–H groups in total. The van der Waals surface area contributed by atoms with E-state index in [0.29, 0.717) is 29.3 Å². The van der Waals surface area contributed by atoms with Crippen molar-refractivity contribution in [2.24, 2.45) is 0 Å². The van der Waals surface area contributed by atoms with E-state index in [0.717, 1.165) is 11.1 Å². The highest BCUT2D eigenvalue weighted by molar-refractivity contribution is 6.17. The van der Waals surface area contributed by atoms with Crippen LogP contribution in [0.4, 0.5) is 0 Å². The molecule has 0 saturated carbocycles. The van der Waals surface area contributed by atoms with Gasteiger partial charge in [0.15, 0.2) is 0 Å². The minimum absolute atomic E-state index is 0.175. The van der Waals surface area contributed by atoms with E-state index >= 15 is 0 Å². The van der Waals surface area contributed by atoms with Crippen molar-refractivity contribution >= 4 is 35.1 Å². The van der Waals surface area contributed by atoms with Gasteiger partial charge in [-0.05, 0) is 35.4 Å². The number of ether oxygens (including phenoxy) is 2. The number of alkyl halides is 2. The molecule has 0 aliphatic carbocycles. The fraction of sp³-hybridized carbons (Fsp3) is 0.263. The van der Waals surface area contributed by atoms with Gasteiger partial charge in [-0.3, -0.25) is 0 Å². The lowest BCUT2D eigenvalue weighted by molar-refractivity contribution is 0.0396. The van der Waals surface area contributed by atoms with Gasteiger partial charge in [-0.1, -0.05) is 24.3 Å². The second-order valence-electron chi connectivity index (χ2n) is 5.29. The van der Waals surface area contributed by atoms with E-state index in [2.05, 4.69) is 0 Å². The molecule has 0 aliphatic rings. The van der Waals surface area contributed by atoms with Crippen LogP contribution < -0.4 is 0 Å². The zero-order chi connectivity index (χ0) is 18.1. The van der Waals surface area contributed by atoms with Crippen molar-refractivity contribution in [3.8, 4) is 0 Å². The Hall–Kier alpha value is -2.04. The van der Waals surface area contributed by atoms with Gasteiger partial charge in [0, 0.05) is 18.2 Å². The Bertz CT molecular complexity index is 635. The Kier molecular flexibility index (Phi) is 7.76. The number of halogens is 2. The third kappa shape index (κ3) is 6.07. The van der Waals surface area contributed by atoms with Crippen LogP contribution in [0.5, 0.6) is 0 Å². The van der Waals surface area contributed by atoms with E-state index in [4.69, 9.17) is 32.7 Å². The maximum Gasteiger partial charge on any atom is 0.338 e. The average molecular weight is 381 g/mol. The molecule has 0 bridgehead atoms. The third-order valence-corrected chi connectivity index (χ3v) is 4.06. The first-order chi connectivity index (χ1) is 12.1. The molecule has 2 rings (SSSR count).